The van der Waals surface area contributed by atoms with E-state index in [0.29, 0.717) is 24.4 Å². The lowest BCUT2D eigenvalue weighted by Gasteiger charge is -2.21. The Morgan fingerprint density at radius 2 is 2.32 bits per heavy atom. The van der Waals surface area contributed by atoms with Crippen molar-refractivity contribution in [3.63, 3.8) is 0 Å². The van der Waals surface area contributed by atoms with Gasteiger partial charge in [0, 0.05) is 6.54 Å². The summed E-state index contributed by atoms with van der Waals surface area (Å²) in [6, 6.07) is 0.0362. The Labute approximate surface area is 112 Å². The van der Waals surface area contributed by atoms with Crippen LogP contribution in [0.2, 0.25) is 0 Å². The highest BCUT2D eigenvalue weighted by molar-refractivity contribution is 5.84. The van der Waals surface area contributed by atoms with Crippen molar-refractivity contribution in [2.45, 2.75) is 39.3 Å². The monoisotopic (exact) mass is 267 g/mol. The lowest BCUT2D eigenvalue weighted by molar-refractivity contribution is -0.123. The van der Waals surface area contributed by atoms with E-state index in [1.165, 1.54) is 0 Å². The number of amides is 1. The summed E-state index contributed by atoms with van der Waals surface area (Å²) in [5.41, 5.74) is 0. The summed E-state index contributed by atoms with van der Waals surface area (Å²) < 4.78 is 5.44. The first-order valence-corrected chi connectivity index (χ1v) is 6.72. The molecular formula is C12H21N5O2. The van der Waals surface area contributed by atoms with Gasteiger partial charge in [-0.3, -0.25) is 4.79 Å². The average Bonchev–Trinajstić information content (AvgIpc) is 2.79. The summed E-state index contributed by atoms with van der Waals surface area (Å²) >= 11 is 0. The van der Waals surface area contributed by atoms with Crippen molar-refractivity contribution in [2.24, 2.45) is 5.92 Å². The van der Waals surface area contributed by atoms with Gasteiger partial charge in [-0.05, 0) is 25.3 Å². The second-order valence-corrected chi connectivity index (χ2v) is 5.16. The van der Waals surface area contributed by atoms with E-state index in [-0.39, 0.29) is 11.9 Å². The van der Waals surface area contributed by atoms with E-state index in [2.05, 4.69) is 40.0 Å². The van der Waals surface area contributed by atoms with Crippen molar-refractivity contribution >= 4 is 11.9 Å². The van der Waals surface area contributed by atoms with Crippen LogP contribution >= 0.6 is 0 Å². The van der Waals surface area contributed by atoms with E-state index in [1.807, 2.05) is 0 Å². The van der Waals surface area contributed by atoms with Gasteiger partial charge in [0.05, 0.1) is 6.54 Å². The maximum absolute atomic E-state index is 11.6. The van der Waals surface area contributed by atoms with E-state index < -0.39 is 0 Å². The van der Waals surface area contributed by atoms with E-state index in [4.69, 9.17) is 4.42 Å². The molecule has 106 valence electrons. The molecule has 7 nitrogen and oxygen atoms in total. The number of piperidine rings is 1. The maximum Gasteiger partial charge on any atom is 0.316 e. The van der Waals surface area contributed by atoms with Gasteiger partial charge in [-0.15, -0.1) is 5.10 Å². The summed E-state index contributed by atoms with van der Waals surface area (Å²) in [6.07, 6.45) is 1.75. The zero-order chi connectivity index (χ0) is 13.7. The minimum Gasteiger partial charge on any atom is -0.407 e. The van der Waals surface area contributed by atoms with Crippen LogP contribution in [-0.2, 0) is 11.3 Å². The van der Waals surface area contributed by atoms with Gasteiger partial charge in [0.2, 0.25) is 11.8 Å². The van der Waals surface area contributed by atoms with Crippen molar-refractivity contribution in [3.8, 4) is 0 Å². The van der Waals surface area contributed by atoms with Gasteiger partial charge >= 0.3 is 6.01 Å². The van der Waals surface area contributed by atoms with Gasteiger partial charge in [0.25, 0.3) is 0 Å². The van der Waals surface area contributed by atoms with Gasteiger partial charge in [-0.1, -0.05) is 18.9 Å². The standard InChI is InChI=1S/C12H21N5O2/c1-8(2)6-13-7-10-16-17-12(19-10)15-9-4-3-5-14-11(9)18/h8-9,13H,3-7H2,1-2H3,(H,14,18)(H,15,17). The molecule has 1 aliphatic rings. The number of nitrogens with zero attached hydrogens (tertiary/aromatic N) is 2. The van der Waals surface area contributed by atoms with E-state index in [1.54, 1.807) is 0 Å². The Morgan fingerprint density at radius 1 is 1.47 bits per heavy atom. The fraction of sp³-hybridized carbons (Fsp3) is 0.750. The number of carbonyl (C=O) groups excluding carboxylic acids is 1. The van der Waals surface area contributed by atoms with Crippen molar-refractivity contribution in [1.82, 2.24) is 20.8 Å². The molecule has 0 radical (unpaired) electrons. The number of aromatic nitrogens is 2. The zero-order valence-electron chi connectivity index (χ0n) is 11.4. The third-order valence-electron chi connectivity index (χ3n) is 2.88. The van der Waals surface area contributed by atoms with Gasteiger partial charge in [-0.25, -0.2) is 0 Å². The van der Waals surface area contributed by atoms with Crippen LogP contribution in [-0.4, -0.2) is 35.2 Å². The van der Waals surface area contributed by atoms with E-state index in [9.17, 15) is 4.79 Å². The Kier molecular flexibility index (Phi) is 4.73. The summed E-state index contributed by atoms with van der Waals surface area (Å²) in [7, 11) is 0. The second kappa shape index (κ2) is 6.51. The molecule has 2 heterocycles. The predicted octanol–water partition coefficient (Wildman–Crippen LogP) is 0.506. The van der Waals surface area contributed by atoms with Crippen LogP contribution in [0.25, 0.3) is 0 Å². The first-order chi connectivity index (χ1) is 9.15. The first kappa shape index (κ1) is 13.8. The second-order valence-electron chi connectivity index (χ2n) is 5.16. The number of anilines is 1. The minimum absolute atomic E-state index is 0.0102. The highest BCUT2D eigenvalue weighted by atomic mass is 16.4. The average molecular weight is 267 g/mol. The summed E-state index contributed by atoms with van der Waals surface area (Å²) in [5, 5.41) is 16.8. The smallest absolute Gasteiger partial charge is 0.316 e. The van der Waals surface area contributed by atoms with Gasteiger partial charge in [0.15, 0.2) is 0 Å². The number of carbonyl (C=O) groups is 1. The van der Waals surface area contributed by atoms with Crippen LogP contribution < -0.4 is 16.0 Å². The molecule has 0 saturated carbocycles. The van der Waals surface area contributed by atoms with Crippen LogP contribution in [0, 0.1) is 5.92 Å². The Morgan fingerprint density at radius 3 is 3.05 bits per heavy atom. The summed E-state index contributed by atoms with van der Waals surface area (Å²) in [5.74, 6) is 1.09. The highest BCUT2D eigenvalue weighted by Crippen LogP contribution is 2.12. The summed E-state index contributed by atoms with van der Waals surface area (Å²) in [6.45, 7) is 6.45. The molecule has 0 aromatic carbocycles. The lowest BCUT2D eigenvalue weighted by Crippen LogP contribution is -2.44. The fourth-order valence-electron chi connectivity index (χ4n) is 1.91. The molecule has 1 saturated heterocycles. The number of nitrogens with one attached hydrogen (secondary N) is 3. The van der Waals surface area contributed by atoms with Gasteiger partial charge < -0.3 is 20.4 Å². The maximum atomic E-state index is 11.6. The van der Waals surface area contributed by atoms with Crippen LogP contribution in [0.1, 0.15) is 32.6 Å². The Bertz CT molecular complexity index is 418. The predicted molar refractivity (Wildman–Crippen MR) is 70.5 cm³/mol. The molecule has 1 amide bonds. The van der Waals surface area contributed by atoms with E-state index in [0.717, 1.165) is 25.9 Å². The molecule has 0 bridgehead atoms. The molecule has 19 heavy (non-hydrogen) atoms. The molecule has 1 atom stereocenters. The normalized spacial score (nSPS) is 19.5. The minimum atomic E-state index is -0.273. The molecule has 1 unspecified atom stereocenters. The van der Waals surface area contributed by atoms with Crippen LogP contribution in [0.5, 0.6) is 0 Å². The first-order valence-electron chi connectivity index (χ1n) is 6.72. The van der Waals surface area contributed by atoms with Crippen molar-refractivity contribution < 1.29 is 9.21 Å². The molecule has 7 heteroatoms. The molecule has 0 aliphatic carbocycles. The molecule has 3 N–H and O–H groups in total. The Hall–Kier alpha value is -1.63. The largest absolute Gasteiger partial charge is 0.407 e. The van der Waals surface area contributed by atoms with Crippen molar-refractivity contribution in [2.75, 3.05) is 18.4 Å². The summed E-state index contributed by atoms with van der Waals surface area (Å²) in [4.78, 5) is 11.6. The Balaban J connectivity index is 1.81. The third kappa shape index (κ3) is 4.20. The number of hydrogen-bond acceptors (Lipinski definition) is 6. The molecule has 1 fully saturated rings. The fourth-order valence-corrected chi connectivity index (χ4v) is 1.91. The van der Waals surface area contributed by atoms with Crippen molar-refractivity contribution in [1.29, 1.82) is 0 Å². The quantitative estimate of drug-likeness (QED) is 0.695. The molecule has 1 aromatic heterocycles. The van der Waals surface area contributed by atoms with E-state index >= 15 is 0 Å². The third-order valence-corrected chi connectivity index (χ3v) is 2.88. The van der Waals surface area contributed by atoms with Gasteiger partial charge in [-0.2, -0.15) is 0 Å². The zero-order valence-corrected chi connectivity index (χ0v) is 11.4. The molecule has 2 rings (SSSR count). The number of hydrogen-bond donors (Lipinski definition) is 3. The van der Waals surface area contributed by atoms with Gasteiger partial charge in [0.1, 0.15) is 6.04 Å². The van der Waals surface area contributed by atoms with Crippen LogP contribution in [0.4, 0.5) is 6.01 Å². The lowest BCUT2D eigenvalue weighted by atomic mass is 10.1. The highest BCUT2D eigenvalue weighted by Gasteiger charge is 2.23. The topological polar surface area (TPSA) is 92.1 Å². The van der Waals surface area contributed by atoms with Crippen molar-refractivity contribution in [3.05, 3.63) is 5.89 Å². The van der Waals surface area contributed by atoms with Crippen LogP contribution in [0.15, 0.2) is 4.42 Å². The molecule has 0 spiro atoms. The number of rotatable bonds is 6. The SMILES string of the molecule is CC(C)CNCc1nnc(NC2CCCNC2=O)o1. The molecule has 1 aromatic rings. The molecular weight excluding hydrogens is 246 g/mol. The molecule has 1 aliphatic heterocycles. The van der Waals surface area contributed by atoms with Crippen LogP contribution in [0.3, 0.4) is 0 Å².